The van der Waals surface area contributed by atoms with Crippen molar-refractivity contribution in [3.8, 4) is 0 Å². The molecule has 0 bridgehead atoms. The minimum atomic E-state index is -3.59. The van der Waals surface area contributed by atoms with Gasteiger partial charge in [0, 0.05) is 24.2 Å². The van der Waals surface area contributed by atoms with Crippen molar-refractivity contribution in [1.29, 1.82) is 0 Å². The van der Waals surface area contributed by atoms with E-state index in [4.69, 9.17) is 5.11 Å². The van der Waals surface area contributed by atoms with Crippen LogP contribution in [0.5, 0.6) is 0 Å². The number of hydrogen-bond acceptors (Lipinski definition) is 5. The van der Waals surface area contributed by atoms with E-state index in [1.807, 2.05) is 0 Å². The summed E-state index contributed by atoms with van der Waals surface area (Å²) in [6, 6.07) is 5.83. The number of rotatable bonds is 5. The maximum absolute atomic E-state index is 12.7. The van der Waals surface area contributed by atoms with Gasteiger partial charge in [-0.25, -0.2) is 13.2 Å². The molecule has 0 spiro atoms. The Bertz CT molecular complexity index is 975. The highest BCUT2D eigenvalue weighted by Crippen LogP contribution is 2.26. The molecular formula is C18H20N2O5S2. The fourth-order valence-corrected chi connectivity index (χ4v) is 5.57. The van der Waals surface area contributed by atoms with Gasteiger partial charge in [0.2, 0.25) is 10.0 Å². The first-order valence-corrected chi connectivity index (χ1v) is 10.8. The van der Waals surface area contributed by atoms with Crippen molar-refractivity contribution in [2.75, 3.05) is 18.4 Å². The number of thiophene rings is 1. The van der Waals surface area contributed by atoms with Crippen LogP contribution < -0.4 is 5.32 Å². The van der Waals surface area contributed by atoms with E-state index in [0.29, 0.717) is 24.3 Å². The van der Waals surface area contributed by atoms with Gasteiger partial charge in [-0.2, -0.15) is 4.31 Å². The lowest BCUT2D eigenvalue weighted by molar-refractivity contribution is 0.0696. The fraction of sp³-hybridized carbons (Fsp3) is 0.333. The molecule has 144 valence electrons. The highest BCUT2D eigenvalue weighted by Gasteiger charge is 2.27. The normalized spacial score (nSPS) is 15.4. The van der Waals surface area contributed by atoms with Crippen LogP contribution in [0.1, 0.15) is 44.9 Å². The van der Waals surface area contributed by atoms with E-state index in [1.54, 1.807) is 13.0 Å². The fourth-order valence-electron chi connectivity index (χ4n) is 2.90. The van der Waals surface area contributed by atoms with Crippen molar-refractivity contribution in [3.05, 3.63) is 45.6 Å². The number of carboxylic acids is 1. The average molecular weight is 409 g/mol. The van der Waals surface area contributed by atoms with Crippen LogP contribution in [0.15, 0.2) is 34.5 Å². The molecule has 7 nitrogen and oxygen atoms in total. The number of nitrogens with one attached hydrogen (secondary N) is 1. The van der Waals surface area contributed by atoms with E-state index in [-0.39, 0.29) is 15.3 Å². The maximum Gasteiger partial charge on any atom is 0.335 e. The molecule has 0 atom stereocenters. The molecule has 0 saturated carbocycles. The van der Waals surface area contributed by atoms with Crippen LogP contribution in [0.25, 0.3) is 0 Å². The Labute approximate surface area is 161 Å². The van der Waals surface area contributed by atoms with Gasteiger partial charge in [0.15, 0.2) is 0 Å². The van der Waals surface area contributed by atoms with Gasteiger partial charge < -0.3 is 10.4 Å². The Hall–Kier alpha value is -2.23. The minimum absolute atomic E-state index is 0.0652. The molecule has 9 heteroatoms. The van der Waals surface area contributed by atoms with Gasteiger partial charge in [0.1, 0.15) is 0 Å². The van der Waals surface area contributed by atoms with Gasteiger partial charge in [0.05, 0.1) is 15.3 Å². The molecule has 1 amide bonds. The zero-order valence-corrected chi connectivity index (χ0v) is 16.4. The molecule has 1 aliphatic heterocycles. The third kappa shape index (κ3) is 4.20. The van der Waals surface area contributed by atoms with Crippen molar-refractivity contribution >= 4 is 38.9 Å². The minimum Gasteiger partial charge on any atom is -0.478 e. The van der Waals surface area contributed by atoms with E-state index >= 15 is 0 Å². The average Bonchev–Trinajstić information content (AvgIpc) is 3.15. The summed E-state index contributed by atoms with van der Waals surface area (Å²) in [6.45, 7) is 2.75. The lowest BCUT2D eigenvalue weighted by Crippen LogP contribution is -2.35. The molecule has 1 aromatic heterocycles. The Morgan fingerprint density at radius 3 is 2.52 bits per heavy atom. The predicted octanol–water partition coefficient (Wildman–Crippen LogP) is 3.18. The summed E-state index contributed by atoms with van der Waals surface area (Å²) in [6.07, 6.45) is 2.71. The lowest BCUT2D eigenvalue weighted by atomic mass is 10.1. The highest BCUT2D eigenvalue weighted by atomic mass is 32.2. The number of sulfonamides is 1. The van der Waals surface area contributed by atoms with Crippen LogP contribution >= 0.6 is 11.3 Å². The molecule has 0 aliphatic carbocycles. The number of aromatic carboxylic acids is 1. The summed E-state index contributed by atoms with van der Waals surface area (Å²) < 4.78 is 26.8. The number of nitrogens with zero attached hydrogens (tertiary/aromatic N) is 1. The van der Waals surface area contributed by atoms with Crippen LogP contribution in [-0.4, -0.2) is 42.8 Å². The lowest BCUT2D eigenvalue weighted by Gasteiger charge is -2.25. The van der Waals surface area contributed by atoms with Crippen LogP contribution in [0.3, 0.4) is 0 Å². The third-order valence-electron chi connectivity index (χ3n) is 4.48. The monoisotopic (exact) mass is 408 g/mol. The summed E-state index contributed by atoms with van der Waals surface area (Å²) in [5, 5.41) is 13.2. The SMILES string of the molecule is Cc1ccc(C(=O)O)cc1NC(=O)c1cc(S(=O)(=O)N2CCCCC2)cs1. The van der Waals surface area contributed by atoms with Crippen molar-refractivity contribution < 1.29 is 23.1 Å². The summed E-state index contributed by atoms with van der Waals surface area (Å²) in [4.78, 5) is 24.0. The molecule has 1 saturated heterocycles. The Balaban J connectivity index is 1.79. The van der Waals surface area contributed by atoms with Crippen LogP contribution in [0.4, 0.5) is 5.69 Å². The maximum atomic E-state index is 12.7. The van der Waals surface area contributed by atoms with E-state index in [0.717, 1.165) is 30.6 Å². The van der Waals surface area contributed by atoms with E-state index in [9.17, 15) is 18.0 Å². The number of anilines is 1. The first-order chi connectivity index (χ1) is 12.8. The number of carboxylic acid groups (broad SMARTS) is 1. The first-order valence-electron chi connectivity index (χ1n) is 8.53. The summed E-state index contributed by atoms with van der Waals surface area (Å²) in [5.41, 5.74) is 1.16. The number of carbonyl (C=O) groups excluding carboxylic acids is 1. The molecule has 3 rings (SSSR count). The molecular weight excluding hydrogens is 388 g/mol. The molecule has 2 heterocycles. The van der Waals surface area contributed by atoms with E-state index in [1.165, 1.54) is 27.9 Å². The number of carbonyl (C=O) groups is 2. The van der Waals surface area contributed by atoms with E-state index < -0.39 is 21.9 Å². The number of aryl methyl sites for hydroxylation is 1. The topological polar surface area (TPSA) is 104 Å². The highest BCUT2D eigenvalue weighted by molar-refractivity contribution is 7.89. The molecule has 27 heavy (non-hydrogen) atoms. The molecule has 2 aromatic rings. The van der Waals surface area contributed by atoms with Gasteiger partial charge >= 0.3 is 5.97 Å². The molecule has 0 unspecified atom stereocenters. The van der Waals surface area contributed by atoms with Gasteiger partial charge in [0.25, 0.3) is 5.91 Å². The van der Waals surface area contributed by atoms with Gasteiger partial charge in [-0.05, 0) is 43.5 Å². The second-order valence-corrected chi connectivity index (χ2v) is 9.25. The van der Waals surface area contributed by atoms with Gasteiger partial charge in [-0.15, -0.1) is 11.3 Å². The van der Waals surface area contributed by atoms with Crippen LogP contribution in [0.2, 0.25) is 0 Å². The Morgan fingerprint density at radius 2 is 1.85 bits per heavy atom. The quantitative estimate of drug-likeness (QED) is 0.791. The zero-order valence-electron chi connectivity index (χ0n) is 14.8. The van der Waals surface area contributed by atoms with Crippen LogP contribution in [-0.2, 0) is 10.0 Å². The molecule has 1 aliphatic rings. The van der Waals surface area contributed by atoms with Crippen molar-refractivity contribution in [1.82, 2.24) is 4.31 Å². The second kappa shape index (κ2) is 7.79. The number of amides is 1. The summed E-state index contributed by atoms with van der Waals surface area (Å²) in [5.74, 6) is -1.55. The van der Waals surface area contributed by atoms with E-state index in [2.05, 4.69) is 5.32 Å². The Kier molecular flexibility index (Phi) is 5.64. The Morgan fingerprint density at radius 1 is 1.15 bits per heavy atom. The largest absolute Gasteiger partial charge is 0.478 e. The van der Waals surface area contributed by atoms with Gasteiger partial charge in [-0.3, -0.25) is 4.79 Å². The van der Waals surface area contributed by atoms with Crippen LogP contribution in [0, 0.1) is 6.92 Å². The van der Waals surface area contributed by atoms with Crippen molar-refractivity contribution in [2.24, 2.45) is 0 Å². The van der Waals surface area contributed by atoms with Crippen molar-refractivity contribution in [2.45, 2.75) is 31.1 Å². The van der Waals surface area contributed by atoms with Gasteiger partial charge in [-0.1, -0.05) is 12.5 Å². The summed E-state index contributed by atoms with van der Waals surface area (Å²) in [7, 11) is -3.59. The number of hydrogen-bond donors (Lipinski definition) is 2. The molecule has 2 N–H and O–H groups in total. The predicted molar refractivity (Wildman–Crippen MR) is 103 cm³/mol. The number of benzene rings is 1. The second-order valence-electron chi connectivity index (χ2n) is 6.40. The smallest absolute Gasteiger partial charge is 0.335 e. The zero-order chi connectivity index (χ0) is 19.6. The first kappa shape index (κ1) is 19.5. The molecule has 0 radical (unpaired) electrons. The standard InChI is InChI=1S/C18H20N2O5S2/c1-12-5-6-13(18(22)23)9-15(12)19-17(21)16-10-14(11-26-16)27(24,25)20-7-3-2-4-8-20/h5-6,9-11H,2-4,7-8H2,1H3,(H,19,21)(H,22,23). The molecule has 1 aromatic carbocycles. The summed E-state index contributed by atoms with van der Waals surface area (Å²) >= 11 is 1.05. The molecule has 1 fully saturated rings. The van der Waals surface area contributed by atoms with Crippen molar-refractivity contribution in [3.63, 3.8) is 0 Å². The number of piperidine rings is 1. The third-order valence-corrected chi connectivity index (χ3v) is 7.44.